The number of hydrogen-bond donors (Lipinski definition) is 1. The average Bonchev–Trinajstić information content (AvgIpc) is 3.26. The van der Waals surface area contributed by atoms with Crippen molar-refractivity contribution in [3.8, 4) is 17.0 Å². The van der Waals surface area contributed by atoms with E-state index in [1.54, 1.807) is 23.5 Å². The molecule has 1 fully saturated rings. The van der Waals surface area contributed by atoms with Crippen LogP contribution in [0.1, 0.15) is 57.0 Å². The van der Waals surface area contributed by atoms with Crippen LogP contribution in [0.2, 0.25) is 0 Å². The molecule has 0 bridgehead atoms. The van der Waals surface area contributed by atoms with Gasteiger partial charge in [-0.3, -0.25) is 4.40 Å². The summed E-state index contributed by atoms with van der Waals surface area (Å²) in [5.41, 5.74) is 2.60. The van der Waals surface area contributed by atoms with Crippen molar-refractivity contribution in [1.29, 1.82) is 0 Å². The number of benzene rings is 1. The molecule has 0 aliphatic heterocycles. The lowest BCUT2D eigenvalue weighted by Gasteiger charge is -2.25. The minimum Gasteiger partial charge on any atom is -0.495 e. The van der Waals surface area contributed by atoms with Gasteiger partial charge < -0.3 is 9.84 Å². The van der Waals surface area contributed by atoms with Gasteiger partial charge in [0.1, 0.15) is 10.6 Å². The van der Waals surface area contributed by atoms with Crippen molar-refractivity contribution >= 4 is 38.5 Å². The molecule has 0 atom stereocenters. The molecule has 0 radical (unpaired) electrons. The fourth-order valence-electron chi connectivity index (χ4n) is 4.43. The van der Waals surface area contributed by atoms with Gasteiger partial charge in [-0.1, -0.05) is 20.8 Å². The topological polar surface area (TPSA) is 80.9 Å². The summed E-state index contributed by atoms with van der Waals surface area (Å²) in [6, 6.07) is 5.37. The maximum atomic E-state index is 13.4. The second-order valence-electron chi connectivity index (χ2n) is 9.87. The van der Waals surface area contributed by atoms with Crippen LogP contribution < -0.4 is 4.74 Å². The van der Waals surface area contributed by atoms with E-state index < -0.39 is 9.84 Å². The Hall–Kier alpha value is -1.61. The van der Waals surface area contributed by atoms with Gasteiger partial charge in [-0.25, -0.2) is 13.4 Å². The summed E-state index contributed by atoms with van der Waals surface area (Å²) < 4.78 is 34.3. The zero-order valence-corrected chi connectivity index (χ0v) is 22.2. The van der Waals surface area contributed by atoms with E-state index in [0.29, 0.717) is 18.6 Å². The van der Waals surface area contributed by atoms with Crippen LogP contribution >= 0.6 is 23.7 Å². The molecule has 6 nitrogen and oxygen atoms in total. The molecule has 2 heterocycles. The normalized spacial score (nSPS) is 19.5. The number of hydrogen-bond acceptors (Lipinski definition) is 6. The standard InChI is InChI=1S/C24H32N2O4S2.ClH/c1-15-22(26-13-21(24(2,3)4)31-23(26)25-15)17-8-11-19(30-5)20(12-17)32(28,29)14-16-6-9-18(27)10-7-16;/h8,11-13,16,18,27H,6-7,9-10,14H2,1-5H3;1H. The maximum Gasteiger partial charge on any atom is 0.194 e. The fourth-order valence-corrected chi connectivity index (χ4v) is 7.41. The van der Waals surface area contributed by atoms with E-state index in [2.05, 4.69) is 31.4 Å². The molecule has 182 valence electrons. The van der Waals surface area contributed by atoms with Crippen LogP contribution in [-0.2, 0) is 15.3 Å². The average molecular weight is 513 g/mol. The highest BCUT2D eigenvalue weighted by Gasteiger charge is 2.29. The molecule has 33 heavy (non-hydrogen) atoms. The Bertz CT molecular complexity index is 1230. The number of fused-ring (bicyclic) bond motifs is 1. The Morgan fingerprint density at radius 2 is 1.88 bits per heavy atom. The van der Waals surface area contributed by atoms with Gasteiger partial charge in [0.05, 0.1) is 30.4 Å². The highest BCUT2D eigenvalue weighted by molar-refractivity contribution is 7.91. The van der Waals surface area contributed by atoms with Crippen LogP contribution in [0.4, 0.5) is 0 Å². The highest BCUT2D eigenvalue weighted by atomic mass is 35.5. The Labute approximate surface area is 206 Å². The van der Waals surface area contributed by atoms with Gasteiger partial charge in [0.15, 0.2) is 14.8 Å². The lowest BCUT2D eigenvalue weighted by molar-refractivity contribution is 0.113. The first-order valence-corrected chi connectivity index (χ1v) is 13.5. The third-order valence-electron chi connectivity index (χ3n) is 6.28. The molecule has 1 saturated carbocycles. The molecule has 0 spiro atoms. The Balaban J connectivity index is 0.00000306. The number of nitrogens with zero attached hydrogens (tertiary/aromatic N) is 2. The van der Waals surface area contributed by atoms with Crippen LogP contribution in [0.15, 0.2) is 29.3 Å². The smallest absolute Gasteiger partial charge is 0.194 e. The molecule has 0 amide bonds. The third kappa shape index (κ3) is 5.24. The molecule has 1 aliphatic carbocycles. The zero-order chi connectivity index (χ0) is 23.3. The van der Waals surface area contributed by atoms with Crippen molar-refractivity contribution in [3.05, 3.63) is 35.0 Å². The maximum absolute atomic E-state index is 13.4. The van der Waals surface area contributed by atoms with Gasteiger partial charge in [-0.15, -0.1) is 23.7 Å². The summed E-state index contributed by atoms with van der Waals surface area (Å²) >= 11 is 1.66. The highest BCUT2D eigenvalue weighted by Crippen LogP contribution is 2.37. The Kier molecular flexibility index (Phi) is 7.54. The molecule has 9 heteroatoms. The number of aliphatic hydroxyl groups excluding tert-OH is 1. The fraction of sp³-hybridized carbons (Fsp3) is 0.542. The molecule has 2 aromatic heterocycles. The largest absolute Gasteiger partial charge is 0.495 e. The molecule has 4 rings (SSSR count). The lowest BCUT2D eigenvalue weighted by Crippen LogP contribution is -2.24. The van der Waals surface area contributed by atoms with E-state index in [4.69, 9.17) is 9.72 Å². The van der Waals surface area contributed by atoms with E-state index in [-0.39, 0.29) is 40.5 Å². The molecule has 3 aromatic rings. The van der Waals surface area contributed by atoms with Crippen molar-refractivity contribution in [1.82, 2.24) is 9.38 Å². The Morgan fingerprint density at radius 3 is 2.48 bits per heavy atom. The number of aryl methyl sites for hydroxylation is 1. The lowest BCUT2D eigenvalue weighted by atomic mass is 9.89. The van der Waals surface area contributed by atoms with Crippen molar-refractivity contribution in [3.63, 3.8) is 0 Å². The summed E-state index contributed by atoms with van der Waals surface area (Å²) in [7, 11) is -2.05. The number of thiazole rings is 1. The number of imidazole rings is 1. The van der Waals surface area contributed by atoms with Gasteiger partial charge >= 0.3 is 0 Å². The second kappa shape index (κ2) is 9.56. The van der Waals surface area contributed by atoms with E-state index in [0.717, 1.165) is 34.8 Å². The van der Waals surface area contributed by atoms with Gasteiger partial charge in [0, 0.05) is 16.6 Å². The predicted octanol–water partition coefficient (Wildman–Crippen LogP) is 5.42. The third-order valence-corrected chi connectivity index (χ3v) is 9.59. The SMILES string of the molecule is COc1ccc(-c2c(C)nc3sc(C(C)(C)C)cn23)cc1S(=O)(=O)CC1CCC(O)CC1.Cl. The number of sulfone groups is 1. The quantitative estimate of drug-likeness (QED) is 0.493. The monoisotopic (exact) mass is 512 g/mol. The van der Waals surface area contributed by atoms with Gasteiger partial charge in [-0.05, 0) is 62.1 Å². The second-order valence-corrected chi connectivity index (χ2v) is 12.9. The van der Waals surface area contributed by atoms with Crippen molar-refractivity contribution in [2.45, 2.75) is 69.8 Å². The molecular formula is C24H33ClN2O4S2. The van der Waals surface area contributed by atoms with Crippen LogP contribution in [0.3, 0.4) is 0 Å². The molecule has 0 unspecified atom stereocenters. The van der Waals surface area contributed by atoms with Gasteiger partial charge in [-0.2, -0.15) is 0 Å². The first-order chi connectivity index (χ1) is 15.0. The number of ether oxygens (including phenoxy) is 1. The van der Waals surface area contributed by atoms with Crippen LogP contribution in [0, 0.1) is 12.8 Å². The summed E-state index contributed by atoms with van der Waals surface area (Å²) in [6.45, 7) is 8.48. The number of aromatic nitrogens is 2. The van der Waals surface area contributed by atoms with E-state index in [9.17, 15) is 13.5 Å². The van der Waals surface area contributed by atoms with Crippen LogP contribution in [0.5, 0.6) is 5.75 Å². The first-order valence-electron chi connectivity index (χ1n) is 11.1. The number of methoxy groups -OCH3 is 1. The molecule has 1 aliphatic rings. The summed E-state index contributed by atoms with van der Waals surface area (Å²) in [5.74, 6) is 0.502. The van der Waals surface area contributed by atoms with Crippen molar-refractivity contribution in [2.75, 3.05) is 12.9 Å². The first kappa shape index (κ1) is 26.0. The molecule has 1 aromatic carbocycles. The minimum atomic E-state index is -3.55. The predicted molar refractivity (Wildman–Crippen MR) is 136 cm³/mol. The van der Waals surface area contributed by atoms with Crippen molar-refractivity contribution in [2.24, 2.45) is 5.92 Å². The zero-order valence-electron chi connectivity index (χ0n) is 19.8. The van der Waals surface area contributed by atoms with Crippen LogP contribution in [0.25, 0.3) is 16.2 Å². The Morgan fingerprint density at radius 1 is 1.21 bits per heavy atom. The van der Waals surface area contributed by atoms with Crippen LogP contribution in [-0.4, -0.2) is 41.9 Å². The van der Waals surface area contributed by atoms with Gasteiger partial charge in [0.2, 0.25) is 0 Å². The molecular weight excluding hydrogens is 480 g/mol. The summed E-state index contributed by atoms with van der Waals surface area (Å²) in [5, 5.41) is 9.75. The van der Waals surface area contributed by atoms with E-state index in [1.165, 1.54) is 12.0 Å². The summed E-state index contributed by atoms with van der Waals surface area (Å²) in [4.78, 5) is 7.09. The van der Waals surface area contributed by atoms with E-state index in [1.807, 2.05) is 13.0 Å². The summed E-state index contributed by atoms with van der Waals surface area (Å²) in [6.07, 6.45) is 4.60. The minimum absolute atomic E-state index is 0. The van der Waals surface area contributed by atoms with E-state index >= 15 is 0 Å². The number of halogens is 1. The van der Waals surface area contributed by atoms with Gasteiger partial charge in [0.25, 0.3) is 0 Å². The molecule has 0 saturated heterocycles. The molecule has 1 N–H and O–H groups in total. The number of rotatable bonds is 5. The van der Waals surface area contributed by atoms with Crippen molar-refractivity contribution < 1.29 is 18.3 Å². The number of aliphatic hydroxyl groups is 1.